The van der Waals surface area contributed by atoms with Crippen LogP contribution in [0.5, 0.6) is 0 Å². The lowest BCUT2D eigenvalue weighted by Gasteiger charge is -2.08. The molecule has 0 saturated heterocycles. The first-order chi connectivity index (χ1) is 10.2. The molecule has 1 heterocycles. The Morgan fingerprint density at radius 3 is 3.00 bits per heavy atom. The number of rotatable bonds is 7. The quantitative estimate of drug-likeness (QED) is 0.588. The number of benzene rings is 1. The van der Waals surface area contributed by atoms with Gasteiger partial charge in [0.25, 0.3) is 0 Å². The molecule has 4 N–H and O–H groups in total. The van der Waals surface area contributed by atoms with E-state index < -0.39 is 0 Å². The molecule has 0 aliphatic heterocycles. The Bertz CT molecular complexity index is 595. The molecule has 0 aliphatic rings. The van der Waals surface area contributed by atoms with Gasteiger partial charge in [-0.15, -0.1) is 0 Å². The van der Waals surface area contributed by atoms with Crippen LogP contribution in [0.1, 0.15) is 12.1 Å². The van der Waals surface area contributed by atoms with Gasteiger partial charge in [0.15, 0.2) is 0 Å². The summed E-state index contributed by atoms with van der Waals surface area (Å²) in [6.07, 6.45) is 0.712. The van der Waals surface area contributed by atoms with Gasteiger partial charge in [-0.05, 0) is 37.6 Å². The Morgan fingerprint density at radius 1 is 1.33 bits per heavy atom. The number of amides is 2. The van der Waals surface area contributed by atoms with Crippen LogP contribution < -0.4 is 10.6 Å². The average molecular weight is 291 g/mol. The van der Waals surface area contributed by atoms with E-state index in [4.69, 9.17) is 9.84 Å². The van der Waals surface area contributed by atoms with Crippen molar-refractivity contribution in [2.24, 2.45) is 0 Å². The molecule has 2 amide bonds. The fourth-order valence-electron chi connectivity index (χ4n) is 2.07. The third kappa shape index (κ3) is 4.77. The molecule has 0 spiro atoms. The van der Waals surface area contributed by atoms with E-state index in [9.17, 15) is 4.79 Å². The van der Waals surface area contributed by atoms with E-state index in [0.29, 0.717) is 26.2 Å². The van der Waals surface area contributed by atoms with Crippen molar-refractivity contribution < 1.29 is 14.6 Å². The lowest BCUT2D eigenvalue weighted by molar-refractivity contribution is 0.0910. The van der Waals surface area contributed by atoms with Gasteiger partial charge < -0.3 is 25.5 Å². The van der Waals surface area contributed by atoms with Crippen molar-refractivity contribution in [1.82, 2.24) is 10.3 Å². The molecule has 0 aliphatic carbocycles. The zero-order valence-electron chi connectivity index (χ0n) is 12.1. The molecule has 0 saturated carbocycles. The van der Waals surface area contributed by atoms with Crippen molar-refractivity contribution in [2.45, 2.75) is 13.3 Å². The van der Waals surface area contributed by atoms with Crippen LogP contribution in [0.4, 0.5) is 10.5 Å². The average Bonchev–Trinajstić information content (AvgIpc) is 2.82. The molecule has 21 heavy (non-hydrogen) atoms. The summed E-state index contributed by atoms with van der Waals surface area (Å²) in [7, 11) is 0. The number of carbonyl (C=O) groups excluding carboxylic acids is 1. The second-order valence-electron chi connectivity index (χ2n) is 4.82. The van der Waals surface area contributed by atoms with Gasteiger partial charge >= 0.3 is 6.03 Å². The first-order valence-corrected chi connectivity index (χ1v) is 7.02. The maximum absolute atomic E-state index is 11.7. The molecular formula is C15H21N3O3. The molecule has 6 nitrogen and oxygen atoms in total. The van der Waals surface area contributed by atoms with Gasteiger partial charge in [0.1, 0.15) is 0 Å². The van der Waals surface area contributed by atoms with E-state index in [1.165, 1.54) is 0 Å². The Labute approximate surface area is 123 Å². The van der Waals surface area contributed by atoms with E-state index in [-0.39, 0.29) is 12.6 Å². The SMILES string of the molecule is Cc1cc2cc(NC(=O)NCCCOCCO)ccc2[nH]1. The minimum absolute atomic E-state index is 0.0228. The number of aromatic amines is 1. The smallest absolute Gasteiger partial charge is 0.319 e. The molecule has 0 bridgehead atoms. The molecule has 114 valence electrons. The number of ether oxygens (including phenoxy) is 1. The minimum atomic E-state index is -0.233. The van der Waals surface area contributed by atoms with Gasteiger partial charge in [-0.3, -0.25) is 0 Å². The van der Waals surface area contributed by atoms with Crippen molar-refractivity contribution in [3.63, 3.8) is 0 Å². The van der Waals surface area contributed by atoms with Crippen molar-refractivity contribution in [2.75, 3.05) is 31.7 Å². The molecule has 0 unspecified atom stereocenters. The number of aliphatic hydroxyl groups excluding tert-OH is 1. The molecule has 1 aromatic carbocycles. The summed E-state index contributed by atoms with van der Waals surface area (Å²) in [6, 6.07) is 7.55. The second-order valence-corrected chi connectivity index (χ2v) is 4.82. The van der Waals surface area contributed by atoms with Crippen LogP contribution >= 0.6 is 0 Å². The zero-order chi connectivity index (χ0) is 15.1. The first-order valence-electron chi connectivity index (χ1n) is 7.02. The van der Waals surface area contributed by atoms with Crippen LogP contribution in [0.3, 0.4) is 0 Å². The number of nitrogens with one attached hydrogen (secondary N) is 3. The number of anilines is 1. The number of hydrogen-bond acceptors (Lipinski definition) is 3. The third-order valence-corrected chi connectivity index (χ3v) is 3.00. The Balaban J connectivity index is 1.76. The first kappa shape index (κ1) is 15.3. The van der Waals surface area contributed by atoms with Gasteiger partial charge in [0, 0.05) is 35.4 Å². The predicted molar refractivity (Wildman–Crippen MR) is 82.6 cm³/mol. The van der Waals surface area contributed by atoms with Crippen LogP contribution in [0.2, 0.25) is 0 Å². The number of carbonyl (C=O) groups is 1. The highest BCUT2D eigenvalue weighted by molar-refractivity contribution is 5.92. The predicted octanol–water partition coefficient (Wildman–Crippen LogP) is 2.00. The van der Waals surface area contributed by atoms with Gasteiger partial charge in [-0.1, -0.05) is 0 Å². The largest absolute Gasteiger partial charge is 0.394 e. The highest BCUT2D eigenvalue weighted by Crippen LogP contribution is 2.19. The van der Waals surface area contributed by atoms with Gasteiger partial charge in [0.05, 0.1) is 13.2 Å². The van der Waals surface area contributed by atoms with E-state index in [0.717, 1.165) is 22.3 Å². The number of H-pyrrole nitrogens is 1. The molecule has 1 aromatic heterocycles. The number of urea groups is 1. The van der Waals surface area contributed by atoms with E-state index in [1.54, 1.807) is 0 Å². The lowest BCUT2D eigenvalue weighted by atomic mass is 10.2. The summed E-state index contributed by atoms with van der Waals surface area (Å²) >= 11 is 0. The molecule has 0 fully saturated rings. The monoisotopic (exact) mass is 291 g/mol. The van der Waals surface area contributed by atoms with Gasteiger partial charge in [-0.25, -0.2) is 4.79 Å². The van der Waals surface area contributed by atoms with E-state index in [2.05, 4.69) is 15.6 Å². The third-order valence-electron chi connectivity index (χ3n) is 3.00. The summed E-state index contributed by atoms with van der Waals surface area (Å²) in [4.78, 5) is 15.0. The number of aromatic nitrogens is 1. The number of aryl methyl sites for hydroxylation is 1. The van der Waals surface area contributed by atoms with Crippen molar-refractivity contribution in [3.05, 3.63) is 30.0 Å². The molecule has 2 rings (SSSR count). The van der Waals surface area contributed by atoms with Gasteiger partial charge in [0.2, 0.25) is 0 Å². The number of aliphatic hydroxyl groups is 1. The Kier molecular flexibility index (Phi) is 5.59. The molecule has 2 aromatic rings. The van der Waals surface area contributed by atoms with E-state index >= 15 is 0 Å². The van der Waals surface area contributed by atoms with Crippen LogP contribution in [-0.4, -0.2) is 42.5 Å². The standard InChI is InChI=1S/C15H21N3O3/c1-11-9-12-10-13(3-4-14(12)17-11)18-15(20)16-5-2-7-21-8-6-19/h3-4,9-10,17,19H,2,5-8H2,1H3,(H2,16,18,20). The summed E-state index contributed by atoms with van der Waals surface area (Å²) in [5.74, 6) is 0. The van der Waals surface area contributed by atoms with Crippen molar-refractivity contribution >= 4 is 22.6 Å². The lowest BCUT2D eigenvalue weighted by Crippen LogP contribution is -2.30. The maximum Gasteiger partial charge on any atom is 0.319 e. The van der Waals surface area contributed by atoms with Crippen LogP contribution in [0.25, 0.3) is 10.9 Å². The summed E-state index contributed by atoms with van der Waals surface area (Å²) in [6.45, 7) is 3.41. The summed E-state index contributed by atoms with van der Waals surface area (Å²) < 4.78 is 5.11. The molecule has 0 atom stereocenters. The fourth-order valence-corrected chi connectivity index (χ4v) is 2.07. The number of hydrogen-bond donors (Lipinski definition) is 4. The molecule has 6 heteroatoms. The fraction of sp³-hybridized carbons (Fsp3) is 0.400. The molecule has 0 radical (unpaired) electrons. The maximum atomic E-state index is 11.7. The van der Waals surface area contributed by atoms with Crippen molar-refractivity contribution in [3.8, 4) is 0 Å². The normalized spacial score (nSPS) is 10.8. The Morgan fingerprint density at radius 2 is 2.19 bits per heavy atom. The van der Waals surface area contributed by atoms with Crippen LogP contribution in [-0.2, 0) is 4.74 Å². The van der Waals surface area contributed by atoms with Crippen molar-refractivity contribution in [1.29, 1.82) is 0 Å². The second kappa shape index (κ2) is 7.66. The summed E-state index contributed by atoms with van der Waals surface area (Å²) in [5.41, 5.74) is 2.91. The van der Waals surface area contributed by atoms with Gasteiger partial charge in [-0.2, -0.15) is 0 Å². The van der Waals surface area contributed by atoms with Crippen LogP contribution in [0.15, 0.2) is 24.3 Å². The minimum Gasteiger partial charge on any atom is -0.394 e. The topological polar surface area (TPSA) is 86.4 Å². The van der Waals surface area contributed by atoms with E-state index in [1.807, 2.05) is 31.2 Å². The number of fused-ring (bicyclic) bond motifs is 1. The zero-order valence-corrected chi connectivity index (χ0v) is 12.1. The summed E-state index contributed by atoms with van der Waals surface area (Å²) in [5, 5.41) is 15.2. The molecular weight excluding hydrogens is 270 g/mol. The highest BCUT2D eigenvalue weighted by atomic mass is 16.5. The highest BCUT2D eigenvalue weighted by Gasteiger charge is 2.03. The van der Waals surface area contributed by atoms with Crippen LogP contribution in [0, 0.1) is 6.92 Å². The Hall–Kier alpha value is -2.05.